The Labute approximate surface area is 124 Å². The summed E-state index contributed by atoms with van der Waals surface area (Å²) in [6, 6.07) is 9.62. The summed E-state index contributed by atoms with van der Waals surface area (Å²) < 4.78 is 0. The maximum Gasteiger partial charge on any atom is 0.0359 e. The smallest absolute Gasteiger partial charge is 0.0359 e. The van der Waals surface area contributed by atoms with Crippen molar-refractivity contribution < 1.29 is 0 Å². The molecule has 0 saturated heterocycles. The van der Waals surface area contributed by atoms with Gasteiger partial charge in [-0.1, -0.05) is 44.4 Å². The third-order valence-electron chi connectivity index (χ3n) is 4.89. The number of rotatable bonds is 5. The van der Waals surface area contributed by atoms with Crippen molar-refractivity contribution in [1.29, 1.82) is 0 Å². The SMILES string of the molecule is CCC1CCCCC1N(Cc1ccccc1N)C(C)C. The summed E-state index contributed by atoms with van der Waals surface area (Å²) in [5, 5.41) is 0. The number of nitrogens with zero attached hydrogens (tertiary/aromatic N) is 1. The Bertz CT molecular complexity index is 414. The van der Waals surface area contributed by atoms with Crippen molar-refractivity contribution >= 4 is 5.69 Å². The van der Waals surface area contributed by atoms with Gasteiger partial charge in [0.05, 0.1) is 0 Å². The van der Waals surface area contributed by atoms with E-state index in [4.69, 9.17) is 5.73 Å². The van der Waals surface area contributed by atoms with Gasteiger partial charge in [0.15, 0.2) is 0 Å². The lowest BCUT2D eigenvalue weighted by atomic mass is 9.81. The molecule has 2 N–H and O–H groups in total. The minimum atomic E-state index is 0.576. The molecule has 1 saturated carbocycles. The Morgan fingerprint density at radius 1 is 1.20 bits per heavy atom. The van der Waals surface area contributed by atoms with Crippen molar-refractivity contribution in [3.63, 3.8) is 0 Å². The molecule has 0 amide bonds. The van der Waals surface area contributed by atoms with Gasteiger partial charge >= 0.3 is 0 Å². The number of anilines is 1. The predicted octanol–water partition coefficient (Wildman–Crippen LogP) is 4.45. The van der Waals surface area contributed by atoms with Crippen LogP contribution in [0.3, 0.4) is 0 Å². The number of hydrogen-bond donors (Lipinski definition) is 1. The fourth-order valence-electron chi connectivity index (χ4n) is 3.66. The third-order valence-corrected chi connectivity index (χ3v) is 4.89. The molecule has 1 aromatic carbocycles. The van der Waals surface area contributed by atoms with Gasteiger partial charge in [-0.2, -0.15) is 0 Å². The van der Waals surface area contributed by atoms with E-state index in [0.29, 0.717) is 6.04 Å². The molecule has 1 aliphatic rings. The lowest BCUT2D eigenvalue weighted by Crippen LogP contribution is -2.45. The van der Waals surface area contributed by atoms with Crippen LogP contribution in [-0.4, -0.2) is 17.0 Å². The van der Waals surface area contributed by atoms with Gasteiger partial charge in [-0.3, -0.25) is 4.90 Å². The van der Waals surface area contributed by atoms with Crippen molar-refractivity contribution in [2.75, 3.05) is 5.73 Å². The number of hydrogen-bond acceptors (Lipinski definition) is 2. The second-order valence-electron chi connectivity index (χ2n) is 6.49. The molecule has 0 heterocycles. The molecule has 2 nitrogen and oxygen atoms in total. The lowest BCUT2D eigenvalue weighted by molar-refractivity contribution is 0.0664. The van der Waals surface area contributed by atoms with Gasteiger partial charge < -0.3 is 5.73 Å². The first kappa shape index (κ1) is 15.4. The zero-order valence-corrected chi connectivity index (χ0v) is 13.3. The van der Waals surface area contributed by atoms with Gasteiger partial charge in [0.2, 0.25) is 0 Å². The molecule has 0 spiro atoms. The zero-order chi connectivity index (χ0) is 14.5. The first-order valence-electron chi connectivity index (χ1n) is 8.22. The van der Waals surface area contributed by atoms with Gasteiger partial charge in [-0.15, -0.1) is 0 Å². The van der Waals surface area contributed by atoms with Gasteiger partial charge in [-0.05, 0) is 44.2 Å². The number of nitrogen functional groups attached to an aromatic ring is 1. The molecule has 0 aliphatic heterocycles. The second kappa shape index (κ2) is 7.12. The fraction of sp³-hybridized carbons (Fsp3) is 0.667. The number of para-hydroxylation sites is 1. The van der Waals surface area contributed by atoms with Crippen LogP contribution in [0, 0.1) is 5.92 Å². The van der Waals surface area contributed by atoms with Crippen LogP contribution in [0.4, 0.5) is 5.69 Å². The molecule has 0 radical (unpaired) electrons. The Hall–Kier alpha value is -1.02. The van der Waals surface area contributed by atoms with E-state index >= 15 is 0 Å². The molecular formula is C18H30N2. The highest BCUT2D eigenvalue weighted by molar-refractivity contribution is 5.46. The van der Waals surface area contributed by atoms with Crippen LogP contribution in [0.5, 0.6) is 0 Å². The molecule has 1 aliphatic carbocycles. The van der Waals surface area contributed by atoms with Crippen LogP contribution in [0.25, 0.3) is 0 Å². The minimum Gasteiger partial charge on any atom is -0.398 e. The maximum absolute atomic E-state index is 6.14. The molecule has 0 bridgehead atoms. The molecule has 1 aromatic rings. The van der Waals surface area contributed by atoms with Crippen LogP contribution in [0.1, 0.15) is 58.4 Å². The van der Waals surface area contributed by atoms with E-state index in [-0.39, 0.29) is 0 Å². The molecule has 0 aromatic heterocycles. The highest BCUT2D eigenvalue weighted by atomic mass is 15.2. The molecule has 2 atom stereocenters. The fourth-order valence-corrected chi connectivity index (χ4v) is 3.66. The second-order valence-corrected chi connectivity index (χ2v) is 6.49. The topological polar surface area (TPSA) is 29.3 Å². The maximum atomic E-state index is 6.14. The highest BCUT2D eigenvalue weighted by Gasteiger charge is 2.30. The summed E-state index contributed by atoms with van der Waals surface area (Å²) in [5.41, 5.74) is 8.35. The lowest BCUT2D eigenvalue weighted by Gasteiger charge is -2.42. The van der Waals surface area contributed by atoms with E-state index in [1.807, 2.05) is 12.1 Å². The van der Waals surface area contributed by atoms with Crippen LogP contribution in [-0.2, 0) is 6.54 Å². The van der Waals surface area contributed by atoms with Crippen molar-refractivity contribution in [2.45, 2.75) is 71.5 Å². The molecule has 2 unspecified atom stereocenters. The minimum absolute atomic E-state index is 0.576. The van der Waals surface area contributed by atoms with Crippen molar-refractivity contribution in [2.24, 2.45) is 5.92 Å². The summed E-state index contributed by atoms with van der Waals surface area (Å²) in [7, 11) is 0. The normalized spacial score (nSPS) is 23.4. The summed E-state index contributed by atoms with van der Waals surface area (Å²) in [5.74, 6) is 0.857. The zero-order valence-electron chi connectivity index (χ0n) is 13.3. The van der Waals surface area contributed by atoms with Gasteiger partial charge in [-0.25, -0.2) is 0 Å². The van der Waals surface area contributed by atoms with E-state index < -0.39 is 0 Å². The molecule has 1 fully saturated rings. The molecule has 20 heavy (non-hydrogen) atoms. The Morgan fingerprint density at radius 3 is 2.55 bits per heavy atom. The summed E-state index contributed by atoms with van der Waals surface area (Å²) in [4.78, 5) is 2.68. The van der Waals surface area contributed by atoms with E-state index in [1.54, 1.807) is 0 Å². The Morgan fingerprint density at radius 2 is 1.90 bits per heavy atom. The number of benzene rings is 1. The van der Waals surface area contributed by atoms with E-state index in [9.17, 15) is 0 Å². The largest absolute Gasteiger partial charge is 0.398 e. The first-order valence-corrected chi connectivity index (χ1v) is 8.22. The quantitative estimate of drug-likeness (QED) is 0.804. The van der Waals surface area contributed by atoms with Gasteiger partial charge in [0, 0.05) is 24.3 Å². The van der Waals surface area contributed by atoms with Crippen LogP contribution < -0.4 is 5.73 Å². The summed E-state index contributed by atoms with van der Waals surface area (Å²) >= 11 is 0. The average Bonchev–Trinajstić information content (AvgIpc) is 2.46. The van der Waals surface area contributed by atoms with E-state index in [0.717, 1.165) is 24.2 Å². The Kier molecular flexibility index (Phi) is 5.47. The van der Waals surface area contributed by atoms with Crippen LogP contribution in [0.15, 0.2) is 24.3 Å². The summed E-state index contributed by atoms with van der Waals surface area (Å²) in [6.07, 6.45) is 6.85. The Balaban J connectivity index is 2.16. The standard InChI is InChI=1S/C18H30N2/c1-4-15-9-6-8-12-18(15)20(14(2)3)13-16-10-5-7-11-17(16)19/h5,7,10-11,14-15,18H,4,6,8-9,12-13,19H2,1-3H3. The van der Waals surface area contributed by atoms with Crippen LogP contribution >= 0.6 is 0 Å². The molecule has 2 rings (SSSR count). The van der Waals surface area contributed by atoms with Crippen LogP contribution in [0.2, 0.25) is 0 Å². The summed E-state index contributed by atoms with van der Waals surface area (Å²) in [6.45, 7) is 7.98. The van der Waals surface area contributed by atoms with Crippen molar-refractivity contribution in [1.82, 2.24) is 4.90 Å². The molecular weight excluding hydrogens is 244 g/mol. The highest BCUT2D eigenvalue weighted by Crippen LogP contribution is 2.33. The van der Waals surface area contributed by atoms with Gasteiger partial charge in [0.1, 0.15) is 0 Å². The number of nitrogens with two attached hydrogens (primary N) is 1. The van der Waals surface area contributed by atoms with Gasteiger partial charge in [0.25, 0.3) is 0 Å². The molecule has 112 valence electrons. The molecule has 2 heteroatoms. The average molecular weight is 274 g/mol. The third kappa shape index (κ3) is 3.54. The predicted molar refractivity (Wildman–Crippen MR) is 87.6 cm³/mol. The van der Waals surface area contributed by atoms with Crippen molar-refractivity contribution in [3.05, 3.63) is 29.8 Å². The van der Waals surface area contributed by atoms with E-state index in [2.05, 4.69) is 37.8 Å². The monoisotopic (exact) mass is 274 g/mol. The first-order chi connectivity index (χ1) is 9.63. The van der Waals surface area contributed by atoms with Crippen molar-refractivity contribution in [3.8, 4) is 0 Å². The van der Waals surface area contributed by atoms with E-state index in [1.165, 1.54) is 37.7 Å².